The minimum Gasteiger partial charge on any atom is -0.490 e. The molecule has 4 nitrogen and oxygen atoms in total. The Bertz CT molecular complexity index is 741. The molecule has 7 heteroatoms. The molecule has 0 heterocycles. The number of methoxy groups -OCH3 is 1. The van der Waals surface area contributed by atoms with Crippen LogP contribution in [-0.4, -0.2) is 26.9 Å². The fourth-order valence-electron chi connectivity index (χ4n) is 2.45. The summed E-state index contributed by atoms with van der Waals surface area (Å²) in [5.41, 5.74) is 1.79. The summed E-state index contributed by atoms with van der Waals surface area (Å²) < 4.78 is 16.7. The number of nitrogens with one attached hydrogen (secondary N) is 1. The normalized spacial score (nSPS) is 10.9. The summed E-state index contributed by atoms with van der Waals surface area (Å²) in [6.45, 7) is 4.97. The van der Waals surface area contributed by atoms with Gasteiger partial charge < -0.3 is 19.5 Å². The standard InChI is InChI=1S/C20H24Cl3NO3/c1-3-26-19-9-15(12-24-7-4-8-25-2)18(23)11-20(19)27-13-14-5-6-16(21)10-17(14)22/h5-6,9-11,24H,3-4,7-8,12-13H2,1-2H3. The van der Waals surface area contributed by atoms with Gasteiger partial charge in [0.25, 0.3) is 0 Å². The van der Waals surface area contributed by atoms with Crippen molar-refractivity contribution >= 4 is 34.8 Å². The average molecular weight is 433 g/mol. The van der Waals surface area contributed by atoms with Gasteiger partial charge in [0.05, 0.1) is 6.61 Å². The van der Waals surface area contributed by atoms with Gasteiger partial charge in [-0.1, -0.05) is 40.9 Å². The third kappa shape index (κ3) is 7.05. The Morgan fingerprint density at radius 2 is 1.67 bits per heavy atom. The van der Waals surface area contributed by atoms with Gasteiger partial charge in [0.2, 0.25) is 0 Å². The Kier molecular flexibility index (Phi) is 9.52. The van der Waals surface area contributed by atoms with E-state index in [9.17, 15) is 0 Å². The Labute approximate surface area is 175 Å². The summed E-state index contributed by atoms with van der Waals surface area (Å²) in [6, 6.07) is 9.00. The van der Waals surface area contributed by atoms with Crippen molar-refractivity contribution in [1.82, 2.24) is 5.32 Å². The van der Waals surface area contributed by atoms with Gasteiger partial charge in [-0.05, 0) is 43.7 Å². The third-order valence-electron chi connectivity index (χ3n) is 3.83. The summed E-state index contributed by atoms with van der Waals surface area (Å²) in [4.78, 5) is 0. The molecule has 0 aliphatic carbocycles. The van der Waals surface area contributed by atoms with Gasteiger partial charge >= 0.3 is 0 Å². The van der Waals surface area contributed by atoms with Crippen molar-refractivity contribution in [3.8, 4) is 11.5 Å². The summed E-state index contributed by atoms with van der Waals surface area (Å²) in [5, 5.41) is 5.11. The highest BCUT2D eigenvalue weighted by Gasteiger charge is 2.12. The second-order valence-corrected chi connectivity index (χ2v) is 7.12. The topological polar surface area (TPSA) is 39.7 Å². The van der Waals surface area contributed by atoms with Crippen molar-refractivity contribution in [2.24, 2.45) is 0 Å². The molecule has 0 radical (unpaired) electrons. The predicted molar refractivity (Wildman–Crippen MR) is 112 cm³/mol. The first-order valence-corrected chi connectivity index (χ1v) is 9.90. The number of ether oxygens (including phenoxy) is 3. The van der Waals surface area contributed by atoms with Crippen LogP contribution in [-0.2, 0) is 17.9 Å². The van der Waals surface area contributed by atoms with E-state index >= 15 is 0 Å². The van der Waals surface area contributed by atoms with E-state index in [1.807, 2.05) is 19.1 Å². The minimum absolute atomic E-state index is 0.293. The van der Waals surface area contributed by atoms with Crippen LogP contribution >= 0.6 is 34.8 Å². The first kappa shape index (κ1) is 22.1. The van der Waals surface area contributed by atoms with Gasteiger partial charge in [-0.15, -0.1) is 0 Å². The van der Waals surface area contributed by atoms with Gasteiger partial charge in [0.1, 0.15) is 6.61 Å². The highest BCUT2D eigenvalue weighted by molar-refractivity contribution is 6.35. The Hall–Kier alpha value is -1.17. The van der Waals surface area contributed by atoms with Crippen LogP contribution < -0.4 is 14.8 Å². The first-order valence-electron chi connectivity index (χ1n) is 8.76. The number of hydrogen-bond acceptors (Lipinski definition) is 4. The number of benzene rings is 2. The molecule has 0 aliphatic heterocycles. The fraction of sp³-hybridized carbons (Fsp3) is 0.400. The molecule has 0 atom stereocenters. The molecule has 27 heavy (non-hydrogen) atoms. The summed E-state index contributed by atoms with van der Waals surface area (Å²) in [6.07, 6.45) is 0.940. The molecule has 0 aliphatic rings. The largest absolute Gasteiger partial charge is 0.490 e. The van der Waals surface area contributed by atoms with Crippen molar-refractivity contribution < 1.29 is 14.2 Å². The molecule has 0 unspecified atom stereocenters. The van der Waals surface area contributed by atoms with Gasteiger partial charge in [-0.2, -0.15) is 0 Å². The second kappa shape index (κ2) is 11.6. The van der Waals surface area contributed by atoms with E-state index in [0.29, 0.717) is 46.3 Å². The van der Waals surface area contributed by atoms with Crippen LogP contribution in [0.4, 0.5) is 0 Å². The Balaban J connectivity index is 2.07. The zero-order valence-corrected chi connectivity index (χ0v) is 17.8. The van der Waals surface area contributed by atoms with Gasteiger partial charge in [-0.3, -0.25) is 0 Å². The van der Waals surface area contributed by atoms with E-state index in [0.717, 1.165) is 30.7 Å². The van der Waals surface area contributed by atoms with Crippen LogP contribution in [0.3, 0.4) is 0 Å². The lowest BCUT2D eigenvalue weighted by Crippen LogP contribution is -2.16. The average Bonchev–Trinajstić information content (AvgIpc) is 2.63. The third-order valence-corrected chi connectivity index (χ3v) is 4.77. The van der Waals surface area contributed by atoms with Gasteiger partial charge in [0, 0.05) is 47.0 Å². The fourth-order valence-corrected chi connectivity index (χ4v) is 3.14. The van der Waals surface area contributed by atoms with Crippen molar-refractivity contribution in [2.75, 3.05) is 26.9 Å². The van der Waals surface area contributed by atoms with Crippen LogP contribution in [0.5, 0.6) is 11.5 Å². The van der Waals surface area contributed by atoms with Crippen molar-refractivity contribution in [3.63, 3.8) is 0 Å². The Morgan fingerprint density at radius 3 is 2.37 bits per heavy atom. The van der Waals surface area contributed by atoms with E-state index in [1.165, 1.54) is 0 Å². The zero-order chi connectivity index (χ0) is 19.6. The smallest absolute Gasteiger partial charge is 0.163 e. The molecular formula is C20H24Cl3NO3. The van der Waals surface area contributed by atoms with Crippen molar-refractivity contribution in [3.05, 3.63) is 56.5 Å². The van der Waals surface area contributed by atoms with Crippen LogP contribution in [0, 0.1) is 0 Å². The maximum absolute atomic E-state index is 6.43. The molecule has 0 saturated carbocycles. The zero-order valence-electron chi connectivity index (χ0n) is 15.5. The lowest BCUT2D eigenvalue weighted by atomic mass is 10.2. The molecule has 148 valence electrons. The van der Waals surface area contributed by atoms with Crippen molar-refractivity contribution in [2.45, 2.75) is 26.5 Å². The lowest BCUT2D eigenvalue weighted by Gasteiger charge is -2.16. The molecule has 0 fully saturated rings. The molecule has 0 bridgehead atoms. The SMILES string of the molecule is CCOc1cc(CNCCCOC)c(Cl)cc1OCc1ccc(Cl)cc1Cl. The number of hydrogen-bond donors (Lipinski definition) is 1. The highest BCUT2D eigenvalue weighted by atomic mass is 35.5. The molecule has 1 N–H and O–H groups in total. The van der Waals surface area contributed by atoms with Crippen molar-refractivity contribution in [1.29, 1.82) is 0 Å². The van der Waals surface area contributed by atoms with E-state index in [4.69, 9.17) is 49.0 Å². The maximum Gasteiger partial charge on any atom is 0.163 e. The van der Waals surface area contributed by atoms with Gasteiger partial charge in [-0.25, -0.2) is 0 Å². The second-order valence-electron chi connectivity index (χ2n) is 5.87. The van der Waals surface area contributed by atoms with E-state index < -0.39 is 0 Å². The highest BCUT2D eigenvalue weighted by Crippen LogP contribution is 2.35. The maximum atomic E-state index is 6.43. The predicted octanol–water partition coefficient (Wildman–Crippen LogP) is 5.75. The first-order chi connectivity index (χ1) is 13.0. The number of halogens is 3. The summed E-state index contributed by atoms with van der Waals surface area (Å²) >= 11 is 18.6. The molecule has 0 saturated heterocycles. The van der Waals surface area contributed by atoms with Crippen LogP contribution in [0.2, 0.25) is 15.1 Å². The molecule has 0 amide bonds. The summed E-state index contributed by atoms with van der Waals surface area (Å²) in [7, 11) is 1.70. The molecule has 0 spiro atoms. The molecule has 2 rings (SSSR count). The molecule has 0 aromatic heterocycles. The minimum atomic E-state index is 0.293. The molecular weight excluding hydrogens is 409 g/mol. The van der Waals surface area contributed by atoms with E-state index in [1.54, 1.807) is 25.3 Å². The van der Waals surface area contributed by atoms with Gasteiger partial charge in [0.15, 0.2) is 11.5 Å². The van der Waals surface area contributed by atoms with Crippen LogP contribution in [0.1, 0.15) is 24.5 Å². The monoisotopic (exact) mass is 431 g/mol. The van der Waals surface area contributed by atoms with E-state index in [2.05, 4.69) is 5.32 Å². The number of rotatable bonds is 11. The Morgan fingerprint density at radius 1 is 0.926 bits per heavy atom. The lowest BCUT2D eigenvalue weighted by molar-refractivity contribution is 0.194. The molecule has 2 aromatic carbocycles. The van der Waals surface area contributed by atoms with Crippen LogP contribution in [0.25, 0.3) is 0 Å². The molecule has 2 aromatic rings. The van der Waals surface area contributed by atoms with E-state index in [-0.39, 0.29) is 0 Å². The quantitative estimate of drug-likeness (QED) is 0.459. The van der Waals surface area contributed by atoms with Crippen LogP contribution in [0.15, 0.2) is 30.3 Å². The summed E-state index contributed by atoms with van der Waals surface area (Å²) in [5.74, 6) is 1.23.